The Bertz CT molecular complexity index is 392. The van der Waals surface area contributed by atoms with Crippen LogP contribution in [0.1, 0.15) is 0 Å². The Morgan fingerprint density at radius 3 is 2.62 bits per heavy atom. The van der Waals surface area contributed by atoms with Gasteiger partial charge in [0.15, 0.2) is 5.65 Å². The van der Waals surface area contributed by atoms with Crippen LogP contribution in [0, 0.1) is 0 Å². The van der Waals surface area contributed by atoms with Crippen molar-refractivity contribution >= 4 is 41.7 Å². The molecule has 3 nitrogen and oxygen atoms in total. The van der Waals surface area contributed by atoms with Crippen LogP contribution in [0.4, 0.5) is 5.82 Å². The molecule has 0 spiro atoms. The lowest BCUT2D eigenvalue weighted by Gasteiger charge is -1.94. The fraction of sp³-hybridized carbons (Fsp3) is 0. The molecule has 0 aliphatic heterocycles. The second-order valence-electron chi connectivity index (χ2n) is 2.29. The fourth-order valence-corrected chi connectivity index (χ4v) is 0.968. The smallest absolute Gasteiger partial charge is 0.161 e. The van der Waals surface area contributed by atoms with E-state index in [1.54, 1.807) is 12.3 Å². The van der Waals surface area contributed by atoms with Crippen LogP contribution in [-0.4, -0.2) is 9.97 Å². The third-order valence-electron chi connectivity index (χ3n) is 1.49. The van der Waals surface area contributed by atoms with Crippen molar-refractivity contribution < 1.29 is 0 Å². The first-order chi connectivity index (χ1) is 5.36. The second-order valence-corrected chi connectivity index (χ2v) is 2.29. The molecule has 0 bridgehead atoms. The van der Waals surface area contributed by atoms with E-state index in [9.17, 15) is 0 Å². The first-order valence-corrected chi connectivity index (χ1v) is 3.33. The number of anilines is 1. The largest absolute Gasteiger partial charge is 0.384 e. The van der Waals surface area contributed by atoms with Crippen LogP contribution < -0.4 is 5.73 Å². The molecule has 0 unspecified atom stereocenters. The highest BCUT2D eigenvalue weighted by molar-refractivity contribution is 5.85. The van der Waals surface area contributed by atoms with E-state index in [1.165, 1.54) is 0 Å². The molecule has 2 aromatic rings. The van der Waals surface area contributed by atoms with Crippen LogP contribution in [0.25, 0.3) is 11.0 Å². The molecule has 0 saturated heterocycles. The minimum Gasteiger partial charge on any atom is -0.384 e. The minimum absolute atomic E-state index is 0. The zero-order valence-electron chi connectivity index (χ0n) is 6.68. The molecule has 0 atom stereocenters. The fourth-order valence-electron chi connectivity index (χ4n) is 0.968. The number of nitrogens with two attached hydrogens (primary N) is 1. The van der Waals surface area contributed by atoms with E-state index in [2.05, 4.69) is 9.97 Å². The van der Waals surface area contributed by atoms with Crippen molar-refractivity contribution in [3.05, 3.63) is 30.5 Å². The lowest BCUT2D eigenvalue weighted by molar-refractivity contribution is 1.29. The molecule has 0 fully saturated rings. The highest BCUT2D eigenvalue weighted by atomic mass is 35.5. The Labute approximate surface area is 88.2 Å². The van der Waals surface area contributed by atoms with E-state index in [1.807, 2.05) is 18.2 Å². The van der Waals surface area contributed by atoms with Crippen LogP contribution in [-0.2, 0) is 0 Å². The number of rotatable bonds is 0. The highest BCUT2D eigenvalue weighted by Crippen LogP contribution is 2.09. The number of fused-ring (bicyclic) bond motifs is 1. The van der Waals surface area contributed by atoms with E-state index in [-0.39, 0.29) is 24.8 Å². The van der Waals surface area contributed by atoms with Crippen LogP contribution in [0.3, 0.4) is 0 Å². The maximum Gasteiger partial charge on any atom is 0.161 e. The number of halogens is 2. The molecule has 70 valence electrons. The number of nitrogen functional groups attached to an aromatic ring is 1. The lowest BCUT2D eigenvalue weighted by atomic mass is 10.3. The Morgan fingerprint density at radius 1 is 1.08 bits per heavy atom. The zero-order valence-corrected chi connectivity index (χ0v) is 8.31. The summed E-state index contributed by atoms with van der Waals surface area (Å²) in [6.07, 6.45) is 1.70. The number of aromatic nitrogens is 2. The first kappa shape index (κ1) is 11.9. The van der Waals surface area contributed by atoms with Gasteiger partial charge in [0.2, 0.25) is 0 Å². The van der Waals surface area contributed by atoms with E-state index in [0.29, 0.717) is 11.5 Å². The van der Waals surface area contributed by atoms with Crippen LogP contribution in [0.15, 0.2) is 30.5 Å². The Kier molecular flexibility index (Phi) is 4.45. The van der Waals surface area contributed by atoms with Gasteiger partial charge in [0.1, 0.15) is 5.82 Å². The molecule has 0 saturated carbocycles. The molecule has 2 N–H and O–H groups in total. The molecule has 0 aromatic carbocycles. The molecule has 0 radical (unpaired) electrons. The van der Waals surface area contributed by atoms with Gasteiger partial charge >= 0.3 is 0 Å². The van der Waals surface area contributed by atoms with Crippen molar-refractivity contribution in [3.8, 4) is 0 Å². The number of hydrogen-bond acceptors (Lipinski definition) is 3. The van der Waals surface area contributed by atoms with E-state index < -0.39 is 0 Å². The molecule has 13 heavy (non-hydrogen) atoms. The second kappa shape index (κ2) is 4.84. The van der Waals surface area contributed by atoms with Gasteiger partial charge in [-0.1, -0.05) is 0 Å². The molecule has 0 aliphatic rings. The maximum absolute atomic E-state index is 5.47. The summed E-state index contributed by atoms with van der Waals surface area (Å²) < 4.78 is 0. The summed E-state index contributed by atoms with van der Waals surface area (Å²) in [5, 5.41) is 1.02. The van der Waals surface area contributed by atoms with Gasteiger partial charge in [-0.2, -0.15) is 0 Å². The van der Waals surface area contributed by atoms with Gasteiger partial charge in [0.25, 0.3) is 0 Å². The van der Waals surface area contributed by atoms with Crippen LogP contribution >= 0.6 is 24.8 Å². The third kappa shape index (κ3) is 2.44. The predicted octanol–water partition coefficient (Wildman–Crippen LogP) is 2.06. The van der Waals surface area contributed by atoms with Gasteiger partial charge in [-0.15, -0.1) is 24.8 Å². The SMILES string of the molecule is Cl.Cl.Nc1ccc2cccnc2n1. The average Bonchev–Trinajstić information content (AvgIpc) is 2.04. The summed E-state index contributed by atoms with van der Waals surface area (Å²) in [5.41, 5.74) is 6.17. The van der Waals surface area contributed by atoms with Crippen molar-refractivity contribution in [3.63, 3.8) is 0 Å². The van der Waals surface area contributed by atoms with E-state index in [0.717, 1.165) is 5.39 Å². The summed E-state index contributed by atoms with van der Waals surface area (Å²) in [6, 6.07) is 7.50. The van der Waals surface area contributed by atoms with Gasteiger partial charge in [-0.05, 0) is 24.3 Å². The average molecular weight is 218 g/mol. The quantitative estimate of drug-likeness (QED) is 0.736. The summed E-state index contributed by atoms with van der Waals surface area (Å²) in [7, 11) is 0. The number of nitrogens with zero attached hydrogens (tertiary/aromatic N) is 2. The first-order valence-electron chi connectivity index (χ1n) is 3.33. The van der Waals surface area contributed by atoms with Gasteiger partial charge in [0.05, 0.1) is 0 Å². The predicted molar refractivity (Wildman–Crippen MR) is 58.4 cm³/mol. The summed E-state index contributed by atoms with van der Waals surface area (Å²) >= 11 is 0. The molecule has 2 aromatic heterocycles. The van der Waals surface area contributed by atoms with Crippen molar-refractivity contribution in [2.24, 2.45) is 0 Å². The van der Waals surface area contributed by atoms with Gasteiger partial charge < -0.3 is 5.73 Å². The number of hydrogen-bond donors (Lipinski definition) is 1. The summed E-state index contributed by atoms with van der Waals surface area (Å²) in [6.45, 7) is 0. The van der Waals surface area contributed by atoms with Crippen molar-refractivity contribution in [2.75, 3.05) is 5.73 Å². The lowest BCUT2D eigenvalue weighted by Crippen LogP contribution is -1.90. The molecule has 2 heterocycles. The highest BCUT2D eigenvalue weighted by Gasteiger charge is 1.92. The molecule has 0 aliphatic carbocycles. The van der Waals surface area contributed by atoms with Crippen LogP contribution in [0.2, 0.25) is 0 Å². The van der Waals surface area contributed by atoms with Crippen molar-refractivity contribution in [1.29, 1.82) is 0 Å². The van der Waals surface area contributed by atoms with Gasteiger partial charge in [-0.25, -0.2) is 9.97 Å². The van der Waals surface area contributed by atoms with E-state index in [4.69, 9.17) is 5.73 Å². The topological polar surface area (TPSA) is 51.8 Å². The molecular weight excluding hydrogens is 209 g/mol. The number of pyridine rings is 2. The normalized spacial score (nSPS) is 8.62. The minimum atomic E-state index is 0. The van der Waals surface area contributed by atoms with Crippen molar-refractivity contribution in [2.45, 2.75) is 0 Å². The molecule has 0 amide bonds. The summed E-state index contributed by atoms with van der Waals surface area (Å²) in [5.74, 6) is 0.510. The van der Waals surface area contributed by atoms with Crippen molar-refractivity contribution in [1.82, 2.24) is 9.97 Å². The monoisotopic (exact) mass is 217 g/mol. The molecule has 5 heteroatoms. The summed E-state index contributed by atoms with van der Waals surface area (Å²) in [4.78, 5) is 8.09. The van der Waals surface area contributed by atoms with Crippen LogP contribution in [0.5, 0.6) is 0 Å². The standard InChI is InChI=1S/C8H7N3.2ClH/c9-7-4-3-6-2-1-5-10-8(6)11-7;;/h1-5H,(H2,9,10,11);2*1H. The maximum atomic E-state index is 5.47. The van der Waals surface area contributed by atoms with Gasteiger partial charge in [0, 0.05) is 11.6 Å². The Balaban J connectivity index is 0.000000720. The van der Waals surface area contributed by atoms with Gasteiger partial charge in [-0.3, -0.25) is 0 Å². The zero-order chi connectivity index (χ0) is 7.68. The third-order valence-corrected chi connectivity index (χ3v) is 1.49. The van der Waals surface area contributed by atoms with E-state index >= 15 is 0 Å². The Hall–Kier alpha value is -1.06. The Morgan fingerprint density at radius 2 is 1.85 bits per heavy atom. The molecular formula is C8H9Cl2N3. The molecule has 2 rings (SSSR count).